The van der Waals surface area contributed by atoms with Crippen LogP contribution >= 0.6 is 15.9 Å². The van der Waals surface area contributed by atoms with Crippen molar-refractivity contribution in [1.82, 2.24) is 0 Å². The summed E-state index contributed by atoms with van der Waals surface area (Å²) in [5, 5.41) is 9.32. The Hall–Kier alpha value is -0.830. The lowest BCUT2D eigenvalue weighted by Crippen LogP contribution is -2.36. The van der Waals surface area contributed by atoms with Gasteiger partial charge in [0.15, 0.2) is 0 Å². The molecule has 0 saturated carbocycles. The summed E-state index contributed by atoms with van der Waals surface area (Å²) in [6, 6.07) is 5.83. The monoisotopic (exact) mass is 268 g/mol. The number of rotatable bonds is 1. The molecular formula is C12H13BrO2. The molecule has 1 unspecified atom stereocenters. The molecular weight excluding hydrogens is 256 g/mol. The Kier molecular flexibility index (Phi) is 2.59. The average molecular weight is 269 g/mol. The lowest BCUT2D eigenvalue weighted by atomic mass is 9.71. The molecule has 0 bridgehead atoms. The lowest BCUT2D eigenvalue weighted by Gasteiger charge is -2.32. The minimum atomic E-state index is -0.721. The van der Waals surface area contributed by atoms with Gasteiger partial charge in [-0.3, -0.25) is 4.79 Å². The molecule has 0 fully saturated rings. The fraction of sp³-hybridized carbons (Fsp3) is 0.417. The maximum Gasteiger partial charge on any atom is 0.313 e. The van der Waals surface area contributed by atoms with E-state index in [-0.39, 0.29) is 0 Å². The first kappa shape index (κ1) is 10.7. The van der Waals surface area contributed by atoms with Crippen molar-refractivity contribution in [2.75, 3.05) is 0 Å². The quantitative estimate of drug-likeness (QED) is 0.850. The van der Waals surface area contributed by atoms with Crippen LogP contribution in [0.1, 0.15) is 30.9 Å². The first-order valence-electron chi connectivity index (χ1n) is 5.07. The number of carboxylic acids is 1. The fourth-order valence-corrected chi connectivity index (χ4v) is 2.87. The maximum absolute atomic E-state index is 11.3. The predicted molar refractivity (Wildman–Crippen MR) is 62.1 cm³/mol. The van der Waals surface area contributed by atoms with Crippen molar-refractivity contribution in [1.29, 1.82) is 0 Å². The van der Waals surface area contributed by atoms with Crippen molar-refractivity contribution in [3.05, 3.63) is 33.8 Å². The molecule has 80 valence electrons. The molecule has 0 amide bonds. The van der Waals surface area contributed by atoms with E-state index in [0.29, 0.717) is 0 Å². The Bertz CT molecular complexity index is 414. The molecule has 0 heterocycles. The maximum atomic E-state index is 11.3. The van der Waals surface area contributed by atoms with Gasteiger partial charge in [0.25, 0.3) is 0 Å². The summed E-state index contributed by atoms with van der Waals surface area (Å²) in [6.07, 6.45) is 2.64. The number of halogens is 1. The van der Waals surface area contributed by atoms with Crippen molar-refractivity contribution in [2.24, 2.45) is 0 Å². The summed E-state index contributed by atoms with van der Waals surface area (Å²) in [5.41, 5.74) is 1.42. The van der Waals surface area contributed by atoms with E-state index in [0.717, 1.165) is 34.9 Å². The highest BCUT2D eigenvalue weighted by molar-refractivity contribution is 9.10. The first-order chi connectivity index (χ1) is 7.05. The van der Waals surface area contributed by atoms with E-state index in [4.69, 9.17) is 0 Å². The average Bonchev–Trinajstić information content (AvgIpc) is 2.20. The van der Waals surface area contributed by atoms with E-state index in [1.165, 1.54) is 0 Å². The third-order valence-electron chi connectivity index (χ3n) is 3.29. The van der Waals surface area contributed by atoms with Gasteiger partial charge in [-0.2, -0.15) is 0 Å². The molecule has 0 saturated heterocycles. The van der Waals surface area contributed by atoms with E-state index < -0.39 is 11.4 Å². The summed E-state index contributed by atoms with van der Waals surface area (Å²) in [7, 11) is 0. The van der Waals surface area contributed by atoms with Gasteiger partial charge in [0.05, 0.1) is 5.41 Å². The van der Waals surface area contributed by atoms with Gasteiger partial charge in [-0.15, -0.1) is 0 Å². The molecule has 2 nitrogen and oxygen atoms in total. The Morgan fingerprint density at radius 3 is 2.93 bits per heavy atom. The second-order valence-electron chi connectivity index (χ2n) is 4.26. The van der Waals surface area contributed by atoms with Crippen LogP contribution in [-0.4, -0.2) is 11.1 Å². The largest absolute Gasteiger partial charge is 0.481 e. The van der Waals surface area contributed by atoms with Crippen LogP contribution in [0.3, 0.4) is 0 Å². The van der Waals surface area contributed by atoms with Gasteiger partial charge in [0, 0.05) is 4.47 Å². The van der Waals surface area contributed by atoms with E-state index in [2.05, 4.69) is 15.9 Å². The van der Waals surface area contributed by atoms with Crippen molar-refractivity contribution in [3.8, 4) is 0 Å². The van der Waals surface area contributed by atoms with Crippen LogP contribution in [0, 0.1) is 0 Å². The van der Waals surface area contributed by atoms with Crippen LogP contribution < -0.4 is 0 Å². The molecule has 1 aromatic carbocycles. The first-order valence-corrected chi connectivity index (χ1v) is 5.86. The number of hydrogen-bond acceptors (Lipinski definition) is 1. The molecule has 1 aliphatic carbocycles. The van der Waals surface area contributed by atoms with Crippen LogP contribution in [0.2, 0.25) is 0 Å². The topological polar surface area (TPSA) is 37.3 Å². The molecule has 1 aromatic rings. The molecule has 15 heavy (non-hydrogen) atoms. The molecule has 0 aliphatic heterocycles. The number of carboxylic acid groups (broad SMARTS) is 1. The lowest BCUT2D eigenvalue weighted by molar-refractivity contribution is -0.143. The summed E-state index contributed by atoms with van der Waals surface area (Å²) >= 11 is 3.49. The van der Waals surface area contributed by atoms with Crippen molar-refractivity contribution < 1.29 is 9.90 Å². The smallest absolute Gasteiger partial charge is 0.313 e. The zero-order valence-electron chi connectivity index (χ0n) is 8.59. The van der Waals surface area contributed by atoms with Gasteiger partial charge >= 0.3 is 5.97 Å². The van der Waals surface area contributed by atoms with E-state index in [1.807, 2.05) is 25.1 Å². The van der Waals surface area contributed by atoms with Crippen LogP contribution in [-0.2, 0) is 16.6 Å². The van der Waals surface area contributed by atoms with Gasteiger partial charge < -0.3 is 5.11 Å². The Balaban J connectivity index is 2.61. The van der Waals surface area contributed by atoms with Gasteiger partial charge in [0.2, 0.25) is 0 Å². The van der Waals surface area contributed by atoms with Crippen LogP contribution in [0.4, 0.5) is 0 Å². The van der Waals surface area contributed by atoms with Gasteiger partial charge in [-0.05, 0) is 43.4 Å². The molecule has 1 atom stereocenters. The van der Waals surface area contributed by atoms with Crippen molar-refractivity contribution >= 4 is 21.9 Å². The third kappa shape index (κ3) is 1.59. The fourth-order valence-electron chi connectivity index (χ4n) is 2.31. The summed E-state index contributed by atoms with van der Waals surface area (Å²) in [4.78, 5) is 11.3. The van der Waals surface area contributed by atoms with E-state index >= 15 is 0 Å². The van der Waals surface area contributed by atoms with Gasteiger partial charge in [-0.1, -0.05) is 28.1 Å². The predicted octanol–water partition coefficient (Wildman–Crippen LogP) is 3.13. The summed E-state index contributed by atoms with van der Waals surface area (Å²) in [5.74, 6) is -0.721. The van der Waals surface area contributed by atoms with Crippen LogP contribution in [0.25, 0.3) is 0 Å². The molecule has 0 spiro atoms. The standard InChI is InChI=1S/C12H13BrO2/c1-12(11(14)15)7-3-4-8-9(12)5-2-6-10(8)13/h2,5-6H,3-4,7H2,1H3,(H,14,15). The number of aliphatic carboxylic acids is 1. The summed E-state index contributed by atoms with van der Waals surface area (Å²) in [6.45, 7) is 1.82. The Morgan fingerprint density at radius 2 is 2.27 bits per heavy atom. The minimum absolute atomic E-state index is 0.711. The third-order valence-corrected chi connectivity index (χ3v) is 4.03. The van der Waals surface area contributed by atoms with E-state index in [9.17, 15) is 9.90 Å². The normalized spacial score (nSPS) is 24.7. The van der Waals surface area contributed by atoms with Crippen LogP contribution in [0.15, 0.2) is 22.7 Å². The van der Waals surface area contributed by atoms with Crippen LogP contribution in [0.5, 0.6) is 0 Å². The van der Waals surface area contributed by atoms with Gasteiger partial charge in [-0.25, -0.2) is 0 Å². The molecule has 2 rings (SSSR count). The molecule has 1 aliphatic rings. The zero-order valence-corrected chi connectivity index (χ0v) is 10.2. The molecule has 0 aromatic heterocycles. The zero-order chi connectivity index (χ0) is 11.1. The highest BCUT2D eigenvalue weighted by Crippen LogP contribution is 2.39. The molecule has 1 N–H and O–H groups in total. The highest BCUT2D eigenvalue weighted by atomic mass is 79.9. The van der Waals surface area contributed by atoms with Crippen molar-refractivity contribution in [2.45, 2.75) is 31.6 Å². The van der Waals surface area contributed by atoms with Crippen molar-refractivity contribution in [3.63, 3.8) is 0 Å². The number of fused-ring (bicyclic) bond motifs is 1. The Morgan fingerprint density at radius 1 is 1.53 bits per heavy atom. The Labute approximate surface area is 97.4 Å². The SMILES string of the molecule is CC1(C(=O)O)CCCc2c(Br)cccc21. The van der Waals surface area contributed by atoms with Gasteiger partial charge in [0.1, 0.15) is 0 Å². The molecule has 3 heteroatoms. The van der Waals surface area contributed by atoms with E-state index in [1.54, 1.807) is 0 Å². The number of carbonyl (C=O) groups is 1. The minimum Gasteiger partial charge on any atom is -0.481 e. The highest BCUT2D eigenvalue weighted by Gasteiger charge is 2.39. The number of benzene rings is 1. The second-order valence-corrected chi connectivity index (χ2v) is 5.11. The summed E-state index contributed by atoms with van der Waals surface area (Å²) < 4.78 is 1.03. The molecule has 0 radical (unpaired) electrons. The number of hydrogen-bond donors (Lipinski definition) is 1. The second kappa shape index (κ2) is 3.63.